The highest BCUT2D eigenvalue weighted by Crippen LogP contribution is 2.20. The van der Waals surface area contributed by atoms with Gasteiger partial charge in [-0.15, -0.1) is 12.4 Å². The number of imidazole rings is 1. The Kier molecular flexibility index (Phi) is 4.41. The van der Waals surface area contributed by atoms with Gasteiger partial charge in [0, 0.05) is 18.7 Å². The third-order valence-electron chi connectivity index (χ3n) is 3.40. The second-order valence-corrected chi connectivity index (χ2v) is 4.78. The molecule has 0 radical (unpaired) electrons. The molecule has 0 amide bonds. The molecule has 7 nitrogen and oxygen atoms in total. The predicted octanol–water partition coefficient (Wildman–Crippen LogP) is 1.91. The lowest BCUT2D eigenvalue weighted by atomic mass is 10.1. The van der Waals surface area contributed by atoms with Crippen molar-refractivity contribution in [2.45, 2.75) is 6.42 Å². The lowest BCUT2D eigenvalue weighted by Gasteiger charge is -2.08. The number of halogens is 1. The molecule has 0 spiro atoms. The summed E-state index contributed by atoms with van der Waals surface area (Å²) in [5, 5.41) is 17.3. The fraction of sp³-hybridized carbons (Fsp3) is 0.417. The summed E-state index contributed by atoms with van der Waals surface area (Å²) >= 11 is 0. The molecule has 0 aliphatic carbocycles. The van der Waals surface area contributed by atoms with Crippen LogP contribution in [0.3, 0.4) is 0 Å². The van der Waals surface area contributed by atoms with Crippen molar-refractivity contribution in [3.63, 3.8) is 0 Å². The van der Waals surface area contributed by atoms with E-state index in [1.165, 1.54) is 18.6 Å². The second kappa shape index (κ2) is 6.06. The highest BCUT2D eigenvalue weighted by molar-refractivity contribution is 5.85. The number of non-ortho nitro benzene ring substituents is 1. The van der Waals surface area contributed by atoms with Crippen LogP contribution in [0.1, 0.15) is 6.42 Å². The van der Waals surface area contributed by atoms with Crippen molar-refractivity contribution < 1.29 is 4.92 Å². The van der Waals surface area contributed by atoms with E-state index in [-0.39, 0.29) is 18.1 Å². The summed E-state index contributed by atoms with van der Waals surface area (Å²) in [6.45, 7) is 2.95. The number of hydrogen-bond acceptors (Lipinski definition) is 5. The zero-order chi connectivity index (χ0) is 13.2. The van der Waals surface area contributed by atoms with Gasteiger partial charge in [-0.25, -0.2) is 4.98 Å². The van der Waals surface area contributed by atoms with Crippen molar-refractivity contribution in [1.82, 2.24) is 15.3 Å². The fourth-order valence-electron chi connectivity index (χ4n) is 2.32. The van der Waals surface area contributed by atoms with Crippen LogP contribution in [0.2, 0.25) is 0 Å². The Morgan fingerprint density at radius 3 is 3.05 bits per heavy atom. The van der Waals surface area contributed by atoms with Gasteiger partial charge in [-0.3, -0.25) is 10.1 Å². The molecule has 1 aromatic carbocycles. The van der Waals surface area contributed by atoms with Crippen LogP contribution in [0.5, 0.6) is 0 Å². The lowest BCUT2D eigenvalue weighted by Crippen LogP contribution is -2.17. The molecule has 1 fully saturated rings. The highest BCUT2D eigenvalue weighted by atomic mass is 35.5. The number of aromatic amines is 1. The maximum absolute atomic E-state index is 10.7. The van der Waals surface area contributed by atoms with Crippen molar-refractivity contribution in [3.8, 4) is 0 Å². The van der Waals surface area contributed by atoms with Crippen molar-refractivity contribution in [2.24, 2.45) is 5.92 Å². The third-order valence-corrected chi connectivity index (χ3v) is 3.40. The van der Waals surface area contributed by atoms with Crippen LogP contribution in [0, 0.1) is 16.0 Å². The highest BCUT2D eigenvalue weighted by Gasteiger charge is 2.15. The van der Waals surface area contributed by atoms with E-state index < -0.39 is 4.92 Å². The molecule has 1 aliphatic rings. The minimum absolute atomic E-state index is 0. The number of nitrogens with one attached hydrogen (secondary N) is 3. The standard InChI is InChI=1S/C12H15N5O2.ClH/c18-17(19)9-1-2-10-11(5-9)16-12(15-10)14-7-8-3-4-13-6-8;/h1-2,5,8,13H,3-4,6-7H2,(H2,14,15,16);1H. The molecule has 2 heterocycles. The topological polar surface area (TPSA) is 95.9 Å². The summed E-state index contributed by atoms with van der Waals surface area (Å²) in [5.74, 6) is 1.28. The van der Waals surface area contributed by atoms with Gasteiger partial charge in [0.05, 0.1) is 16.0 Å². The molecule has 1 aliphatic heterocycles. The lowest BCUT2D eigenvalue weighted by molar-refractivity contribution is -0.384. The van der Waals surface area contributed by atoms with Gasteiger partial charge in [-0.05, 0) is 31.5 Å². The molecule has 1 aromatic heterocycles. The van der Waals surface area contributed by atoms with Crippen molar-refractivity contribution >= 4 is 35.1 Å². The van der Waals surface area contributed by atoms with E-state index in [0.29, 0.717) is 17.4 Å². The molecule has 1 saturated heterocycles. The molecule has 8 heteroatoms. The van der Waals surface area contributed by atoms with Crippen LogP contribution < -0.4 is 10.6 Å². The first kappa shape index (κ1) is 14.5. The smallest absolute Gasteiger partial charge is 0.271 e. The van der Waals surface area contributed by atoms with E-state index in [1.807, 2.05) is 0 Å². The van der Waals surface area contributed by atoms with Gasteiger partial charge in [0.1, 0.15) is 0 Å². The Morgan fingerprint density at radius 1 is 1.50 bits per heavy atom. The molecule has 108 valence electrons. The molecule has 2 aromatic rings. The van der Waals surface area contributed by atoms with E-state index in [4.69, 9.17) is 0 Å². The summed E-state index contributed by atoms with van der Waals surface area (Å²) in [6.07, 6.45) is 1.17. The first-order chi connectivity index (χ1) is 9.22. The number of nitro groups is 1. The maximum Gasteiger partial charge on any atom is 0.271 e. The van der Waals surface area contributed by atoms with Gasteiger partial charge in [-0.2, -0.15) is 0 Å². The van der Waals surface area contributed by atoms with Crippen LogP contribution in [0.25, 0.3) is 11.0 Å². The van der Waals surface area contributed by atoms with Crippen LogP contribution in [0.15, 0.2) is 18.2 Å². The largest absolute Gasteiger partial charge is 0.355 e. The molecule has 20 heavy (non-hydrogen) atoms. The average Bonchev–Trinajstić information content (AvgIpc) is 3.04. The summed E-state index contributed by atoms with van der Waals surface area (Å²) < 4.78 is 0. The number of benzene rings is 1. The summed E-state index contributed by atoms with van der Waals surface area (Å²) in [7, 11) is 0. The number of nitro benzene ring substituents is 1. The van der Waals surface area contributed by atoms with Crippen LogP contribution in [-0.2, 0) is 0 Å². The monoisotopic (exact) mass is 297 g/mol. The second-order valence-electron chi connectivity index (χ2n) is 4.78. The Bertz CT molecular complexity index is 609. The SMILES string of the molecule is Cl.O=[N+]([O-])c1ccc2nc(NCC3CCNC3)[nH]c2c1. The third kappa shape index (κ3) is 3.00. The van der Waals surface area contributed by atoms with Crippen molar-refractivity contribution in [3.05, 3.63) is 28.3 Å². The number of anilines is 1. The quantitative estimate of drug-likeness (QED) is 0.592. The van der Waals surface area contributed by atoms with Crippen LogP contribution >= 0.6 is 12.4 Å². The van der Waals surface area contributed by atoms with Gasteiger partial charge in [-0.1, -0.05) is 0 Å². The Labute approximate surface area is 121 Å². The molecule has 0 saturated carbocycles. The summed E-state index contributed by atoms with van der Waals surface area (Å²) in [4.78, 5) is 17.7. The Morgan fingerprint density at radius 2 is 2.35 bits per heavy atom. The molecule has 3 N–H and O–H groups in total. The van der Waals surface area contributed by atoms with Gasteiger partial charge in [0.25, 0.3) is 5.69 Å². The van der Waals surface area contributed by atoms with Gasteiger partial charge >= 0.3 is 0 Å². The van der Waals surface area contributed by atoms with Gasteiger partial charge < -0.3 is 15.6 Å². The van der Waals surface area contributed by atoms with E-state index in [0.717, 1.165) is 25.2 Å². The predicted molar refractivity (Wildman–Crippen MR) is 79.5 cm³/mol. The summed E-state index contributed by atoms with van der Waals surface area (Å²) in [6, 6.07) is 4.63. The Balaban J connectivity index is 0.00000147. The van der Waals surface area contributed by atoms with Crippen LogP contribution in [-0.4, -0.2) is 34.5 Å². The molecular weight excluding hydrogens is 282 g/mol. The number of nitrogens with zero attached hydrogens (tertiary/aromatic N) is 2. The van der Waals surface area contributed by atoms with E-state index >= 15 is 0 Å². The first-order valence-corrected chi connectivity index (χ1v) is 6.31. The van der Waals surface area contributed by atoms with Gasteiger partial charge in [0.15, 0.2) is 0 Å². The van der Waals surface area contributed by atoms with Crippen molar-refractivity contribution in [2.75, 3.05) is 25.0 Å². The van der Waals surface area contributed by atoms with Gasteiger partial charge in [0.2, 0.25) is 5.95 Å². The number of hydrogen-bond donors (Lipinski definition) is 3. The summed E-state index contributed by atoms with van der Waals surface area (Å²) in [5.41, 5.74) is 1.49. The zero-order valence-corrected chi connectivity index (χ0v) is 11.6. The fourth-order valence-corrected chi connectivity index (χ4v) is 2.32. The number of rotatable bonds is 4. The van der Waals surface area contributed by atoms with Crippen LogP contribution in [0.4, 0.5) is 11.6 Å². The minimum Gasteiger partial charge on any atom is -0.355 e. The van der Waals surface area contributed by atoms with E-state index in [1.54, 1.807) is 6.07 Å². The van der Waals surface area contributed by atoms with E-state index in [2.05, 4.69) is 20.6 Å². The Hall–Kier alpha value is -1.86. The zero-order valence-electron chi connectivity index (χ0n) is 10.8. The average molecular weight is 298 g/mol. The molecule has 1 atom stereocenters. The first-order valence-electron chi connectivity index (χ1n) is 6.31. The molecular formula is C12H16ClN5O2. The number of aromatic nitrogens is 2. The number of H-pyrrole nitrogens is 1. The van der Waals surface area contributed by atoms with Crippen molar-refractivity contribution in [1.29, 1.82) is 0 Å². The molecule has 0 bridgehead atoms. The van der Waals surface area contributed by atoms with E-state index in [9.17, 15) is 10.1 Å². The molecule has 1 unspecified atom stereocenters. The normalized spacial score (nSPS) is 17.9. The number of fused-ring (bicyclic) bond motifs is 1. The maximum atomic E-state index is 10.7. The minimum atomic E-state index is -0.405. The molecule has 3 rings (SSSR count).